The average molecular weight is 592 g/mol. The predicted molar refractivity (Wildman–Crippen MR) is 154 cm³/mol. The van der Waals surface area contributed by atoms with Crippen molar-refractivity contribution >= 4 is 28.7 Å². The molecule has 2 heterocycles. The van der Waals surface area contributed by atoms with Gasteiger partial charge in [-0.05, 0) is 61.8 Å². The highest BCUT2D eigenvalue weighted by molar-refractivity contribution is 5.91. The largest absolute Gasteiger partial charge is 0.475 e. The molecule has 11 heteroatoms. The Hall–Kier alpha value is -4.28. The van der Waals surface area contributed by atoms with E-state index in [2.05, 4.69) is 15.3 Å². The van der Waals surface area contributed by atoms with Gasteiger partial charge in [-0.25, -0.2) is 19.7 Å². The van der Waals surface area contributed by atoms with Crippen molar-refractivity contribution in [3.8, 4) is 0 Å². The van der Waals surface area contributed by atoms with Crippen LogP contribution in [0.2, 0.25) is 0 Å². The van der Waals surface area contributed by atoms with Crippen molar-refractivity contribution in [1.29, 1.82) is 0 Å². The highest BCUT2D eigenvalue weighted by atomic mass is 19.4. The number of carboxylic acid groups (broad SMARTS) is 1. The van der Waals surface area contributed by atoms with E-state index in [-0.39, 0.29) is 29.9 Å². The molecule has 2 aromatic heterocycles. The first kappa shape index (κ1) is 28.8. The van der Waals surface area contributed by atoms with Crippen LogP contribution >= 0.6 is 0 Å². The molecule has 2 aliphatic carbocycles. The van der Waals surface area contributed by atoms with E-state index >= 15 is 0 Å². The predicted octanol–water partition coefficient (Wildman–Crippen LogP) is 6.81. The van der Waals surface area contributed by atoms with Crippen LogP contribution in [0.5, 0.6) is 0 Å². The molecule has 2 N–H and O–H groups in total. The number of anilines is 1. The SMILES string of the molecule is CC(Nc1nc(C(=O)O)nc2nc(C3CCCC(=O)C3c3ccccc3)n(Cc3ccc(C(F)(F)F)cc3)c12)C1CCC1. The fraction of sp³-hybridized carbons (Fsp3) is 0.406. The van der Waals surface area contributed by atoms with Gasteiger partial charge < -0.3 is 15.0 Å². The van der Waals surface area contributed by atoms with E-state index in [9.17, 15) is 27.9 Å². The van der Waals surface area contributed by atoms with E-state index in [1.165, 1.54) is 12.1 Å². The molecule has 2 fully saturated rings. The molecule has 0 amide bonds. The Morgan fingerprint density at radius 2 is 1.74 bits per heavy atom. The first-order valence-electron chi connectivity index (χ1n) is 14.6. The topological polar surface area (TPSA) is 110 Å². The van der Waals surface area contributed by atoms with Crippen LogP contribution in [0.3, 0.4) is 0 Å². The highest BCUT2D eigenvalue weighted by Gasteiger charge is 2.38. The fourth-order valence-corrected chi connectivity index (χ4v) is 6.35. The molecule has 2 aromatic carbocycles. The first-order valence-corrected chi connectivity index (χ1v) is 14.6. The van der Waals surface area contributed by atoms with Gasteiger partial charge in [-0.2, -0.15) is 13.2 Å². The number of halogens is 3. The molecule has 0 spiro atoms. The Bertz CT molecular complexity index is 1650. The fourth-order valence-electron chi connectivity index (χ4n) is 6.35. The van der Waals surface area contributed by atoms with E-state index in [0.717, 1.165) is 37.0 Å². The zero-order chi connectivity index (χ0) is 30.3. The number of ketones is 1. The van der Waals surface area contributed by atoms with Gasteiger partial charge >= 0.3 is 12.1 Å². The van der Waals surface area contributed by atoms with Gasteiger partial charge in [0.25, 0.3) is 0 Å². The Kier molecular flexibility index (Phi) is 7.66. The molecule has 6 rings (SSSR count). The summed E-state index contributed by atoms with van der Waals surface area (Å²) in [7, 11) is 0. The van der Waals surface area contributed by atoms with Gasteiger partial charge in [0, 0.05) is 24.9 Å². The molecular formula is C32H32F3N5O3. The summed E-state index contributed by atoms with van der Waals surface area (Å²) < 4.78 is 41.8. The Balaban J connectivity index is 1.53. The second-order valence-electron chi connectivity index (χ2n) is 11.6. The molecule has 0 radical (unpaired) electrons. The van der Waals surface area contributed by atoms with Gasteiger partial charge in [0.05, 0.1) is 11.5 Å². The minimum absolute atomic E-state index is 0.000287. The number of fused-ring (bicyclic) bond motifs is 1. The van der Waals surface area contributed by atoms with Crippen LogP contribution in [0, 0.1) is 5.92 Å². The smallest absolute Gasteiger partial charge is 0.416 e. The molecule has 8 nitrogen and oxygen atoms in total. The second-order valence-corrected chi connectivity index (χ2v) is 11.6. The third-order valence-corrected chi connectivity index (χ3v) is 8.84. The molecule has 3 unspecified atom stereocenters. The number of carbonyl (C=O) groups excluding carboxylic acids is 1. The maximum Gasteiger partial charge on any atom is 0.416 e. The van der Waals surface area contributed by atoms with Crippen molar-refractivity contribution in [3.63, 3.8) is 0 Å². The number of nitrogens with one attached hydrogen (secondary N) is 1. The third-order valence-electron chi connectivity index (χ3n) is 8.84. The van der Waals surface area contributed by atoms with E-state index < -0.39 is 29.5 Å². The van der Waals surface area contributed by atoms with Crippen LogP contribution in [0.1, 0.15) is 90.4 Å². The Morgan fingerprint density at radius 1 is 1.02 bits per heavy atom. The van der Waals surface area contributed by atoms with Crippen molar-refractivity contribution in [3.05, 3.63) is 82.9 Å². The van der Waals surface area contributed by atoms with Gasteiger partial charge in [-0.15, -0.1) is 0 Å². The summed E-state index contributed by atoms with van der Waals surface area (Å²) in [4.78, 5) is 39.0. The minimum Gasteiger partial charge on any atom is -0.475 e. The normalized spacial score (nSPS) is 20.1. The monoisotopic (exact) mass is 591 g/mol. The van der Waals surface area contributed by atoms with Crippen LogP contribution in [-0.4, -0.2) is 42.4 Å². The number of benzene rings is 2. The van der Waals surface area contributed by atoms with Crippen LogP contribution in [-0.2, 0) is 17.5 Å². The number of hydrogen-bond donors (Lipinski definition) is 2. The zero-order valence-electron chi connectivity index (χ0n) is 23.6. The summed E-state index contributed by atoms with van der Waals surface area (Å²) in [5.74, 6) is -1.19. The number of carbonyl (C=O) groups is 2. The first-order chi connectivity index (χ1) is 20.6. The van der Waals surface area contributed by atoms with Gasteiger partial charge in [-0.1, -0.05) is 48.9 Å². The Labute approximate surface area is 246 Å². The lowest BCUT2D eigenvalue weighted by Gasteiger charge is -2.32. The number of imidazole rings is 1. The number of aromatic carboxylic acids is 1. The summed E-state index contributed by atoms with van der Waals surface area (Å²) in [6.45, 7) is 2.17. The summed E-state index contributed by atoms with van der Waals surface area (Å²) >= 11 is 0. The van der Waals surface area contributed by atoms with E-state index in [1.54, 1.807) is 0 Å². The summed E-state index contributed by atoms with van der Waals surface area (Å²) in [6, 6.07) is 14.4. The molecule has 43 heavy (non-hydrogen) atoms. The summed E-state index contributed by atoms with van der Waals surface area (Å²) in [5.41, 5.74) is 1.34. The van der Waals surface area contributed by atoms with Crippen LogP contribution in [0.25, 0.3) is 11.2 Å². The minimum atomic E-state index is -4.47. The summed E-state index contributed by atoms with van der Waals surface area (Å²) in [6.07, 6.45) is 0.508. The number of alkyl halides is 3. The molecule has 0 bridgehead atoms. The van der Waals surface area contributed by atoms with E-state index in [1.807, 2.05) is 41.8 Å². The van der Waals surface area contributed by atoms with Gasteiger partial charge in [-0.3, -0.25) is 4.79 Å². The van der Waals surface area contributed by atoms with Crippen molar-refractivity contribution in [1.82, 2.24) is 19.5 Å². The van der Waals surface area contributed by atoms with E-state index in [4.69, 9.17) is 4.98 Å². The lowest BCUT2D eigenvalue weighted by molar-refractivity contribution is -0.137. The second kappa shape index (κ2) is 11.4. The maximum absolute atomic E-state index is 13.4. The number of carboxylic acids is 1. The lowest BCUT2D eigenvalue weighted by atomic mass is 9.74. The molecule has 4 aromatic rings. The third kappa shape index (κ3) is 5.72. The molecule has 2 aliphatic rings. The molecule has 224 valence electrons. The maximum atomic E-state index is 13.4. The van der Waals surface area contributed by atoms with E-state index in [0.29, 0.717) is 47.9 Å². The van der Waals surface area contributed by atoms with Gasteiger partial charge in [0.2, 0.25) is 5.82 Å². The van der Waals surface area contributed by atoms with Crippen molar-refractivity contribution in [2.24, 2.45) is 5.92 Å². The van der Waals surface area contributed by atoms with Crippen molar-refractivity contribution < 1.29 is 27.9 Å². The number of rotatable bonds is 8. The van der Waals surface area contributed by atoms with Crippen LogP contribution in [0.4, 0.5) is 19.0 Å². The number of nitrogens with zero attached hydrogens (tertiary/aromatic N) is 4. The molecular weight excluding hydrogens is 559 g/mol. The van der Waals surface area contributed by atoms with Gasteiger partial charge in [0.15, 0.2) is 11.5 Å². The molecule has 2 saturated carbocycles. The van der Waals surface area contributed by atoms with Crippen LogP contribution in [0.15, 0.2) is 54.6 Å². The Morgan fingerprint density at radius 3 is 2.37 bits per heavy atom. The number of aromatic nitrogens is 4. The number of Topliss-reactive ketones (excluding diaryl/α,β-unsaturated/α-hetero) is 1. The zero-order valence-corrected chi connectivity index (χ0v) is 23.6. The van der Waals surface area contributed by atoms with Crippen LogP contribution < -0.4 is 5.32 Å². The number of hydrogen-bond acceptors (Lipinski definition) is 6. The molecule has 0 aliphatic heterocycles. The quantitative estimate of drug-likeness (QED) is 0.232. The molecule has 0 saturated heterocycles. The highest BCUT2D eigenvalue weighted by Crippen LogP contribution is 2.43. The van der Waals surface area contributed by atoms with Crippen molar-refractivity contribution in [2.45, 2.75) is 76.0 Å². The van der Waals surface area contributed by atoms with Gasteiger partial charge in [0.1, 0.15) is 17.1 Å². The lowest BCUT2D eigenvalue weighted by Crippen LogP contribution is -2.31. The average Bonchev–Trinajstić information content (AvgIpc) is 3.30. The molecule has 3 atom stereocenters. The standard InChI is InChI=1S/C32H32F3N5O3/c1-18(20-9-5-10-20)36-27-26-28(38-29(37-27)31(42)43)39-30(40(26)17-19-13-15-22(16-14-19)32(33,34)35)23-11-6-12-24(41)25(23)21-7-3-2-4-8-21/h2-4,7-8,13-16,18,20,23,25H,5-6,9-12,17H2,1H3,(H,42,43)(H,36,37,38). The summed E-state index contributed by atoms with van der Waals surface area (Å²) in [5, 5.41) is 13.2. The van der Waals surface area contributed by atoms with Crippen molar-refractivity contribution in [2.75, 3.05) is 5.32 Å².